The van der Waals surface area contributed by atoms with Crippen LogP contribution in [0.15, 0.2) is 36.3 Å². The topological polar surface area (TPSA) is 54.5 Å². The number of imide groups is 1. The molecule has 0 saturated heterocycles. The van der Waals surface area contributed by atoms with Gasteiger partial charge in [0.15, 0.2) is 0 Å². The van der Waals surface area contributed by atoms with Crippen LogP contribution >= 0.6 is 0 Å². The number of carbonyl (C=O) groups excluding carboxylic acids is 3. The Morgan fingerprint density at radius 3 is 2.50 bits per heavy atom. The Kier molecular flexibility index (Phi) is 4.61. The number of hydrogen-bond acceptors (Lipinski definition) is 3. The van der Waals surface area contributed by atoms with Gasteiger partial charge in [-0.15, -0.1) is 0 Å². The minimum absolute atomic E-state index is 0.176. The van der Waals surface area contributed by atoms with Gasteiger partial charge in [0, 0.05) is 0 Å². The van der Waals surface area contributed by atoms with Gasteiger partial charge in [0.2, 0.25) is 0 Å². The van der Waals surface area contributed by atoms with Crippen molar-refractivity contribution in [3.63, 3.8) is 0 Å². The second-order valence-electron chi connectivity index (χ2n) is 4.77. The number of amides is 2. The first-order chi connectivity index (χ1) is 9.65. The van der Waals surface area contributed by atoms with Gasteiger partial charge >= 0.3 is 118 Å². The van der Waals surface area contributed by atoms with E-state index in [-0.39, 0.29) is 5.78 Å². The van der Waals surface area contributed by atoms with E-state index in [0.29, 0.717) is 11.9 Å². The summed E-state index contributed by atoms with van der Waals surface area (Å²) in [6.45, 7) is 3.72. The van der Waals surface area contributed by atoms with E-state index in [0.717, 1.165) is 17.7 Å². The quantitative estimate of drug-likeness (QED) is 0.583. The SMILES string of the molecule is CCCCC(C(=O)c1bcccc1)N1C(=O)C=CC1=O. The molecule has 2 heterocycles. The molecule has 1 atom stereocenters. The maximum absolute atomic E-state index is 12.6. The Labute approximate surface area is 118 Å². The number of carbonyl (C=O) groups is 3. The summed E-state index contributed by atoms with van der Waals surface area (Å²) in [5, 5.41) is 0. The van der Waals surface area contributed by atoms with E-state index < -0.39 is 17.9 Å². The summed E-state index contributed by atoms with van der Waals surface area (Å²) in [6, 6.07) is 4.61. The first-order valence-corrected chi connectivity index (χ1v) is 6.79. The Bertz CT molecular complexity index is 535. The normalized spacial score (nSPS) is 15.6. The standard InChI is InChI=1S/C15H16BNO3/c1-2-3-7-12(17-13(18)8-9-14(17)19)15(20)11-6-4-5-10-16-11/h4-6,8-10,12H,2-3,7H2,1H3. The van der Waals surface area contributed by atoms with E-state index in [2.05, 4.69) is 0 Å². The molecule has 1 aliphatic rings. The molecule has 20 heavy (non-hydrogen) atoms. The van der Waals surface area contributed by atoms with Crippen LogP contribution in [0.1, 0.15) is 36.4 Å². The number of nitrogens with zero attached hydrogens (tertiary/aromatic N) is 1. The fourth-order valence-electron chi connectivity index (χ4n) is 2.29. The van der Waals surface area contributed by atoms with Gasteiger partial charge in [-0.25, -0.2) is 0 Å². The van der Waals surface area contributed by atoms with Crippen LogP contribution in [0.4, 0.5) is 0 Å². The third-order valence-electron chi connectivity index (χ3n) is 3.35. The molecule has 0 saturated carbocycles. The molecule has 0 aromatic carbocycles. The first kappa shape index (κ1) is 14.4. The molecule has 1 unspecified atom stereocenters. The molecule has 1 aliphatic heterocycles. The van der Waals surface area contributed by atoms with E-state index in [1.54, 1.807) is 25.0 Å². The molecule has 0 spiro atoms. The van der Waals surface area contributed by atoms with Crippen LogP contribution in [0.2, 0.25) is 0 Å². The van der Waals surface area contributed by atoms with Gasteiger partial charge in [-0.3, -0.25) is 0 Å². The van der Waals surface area contributed by atoms with E-state index >= 15 is 0 Å². The van der Waals surface area contributed by atoms with E-state index in [1.807, 2.05) is 13.0 Å². The molecule has 0 aliphatic carbocycles. The van der Waals surface area contributed by atoms with Crippen molar-refractivity contribution >= 4 is 24.5 Å². The van der Waals surface area contributed by atoms with Crippen molar-refractivity contribution < 1.29 is 14.4 Å². The second-order valence-corrected chi connectivity index (χ2v) is 4.77. The number of Topliss-reactive ketones (excluding diaryl/α,β-unsaturated/α-hetero) is 1. The van der Waals surface area contributed by atoms with Crippen molar-refractivity contribution in [1.29, 1.82) is 0 Å². The van der Waals surface area contributed by atoms with Gasteiger partial charge in [-0.05, 0) is 0 Å². The zero-order valence-electron chi connectivity index (χ0n) is 11.4. The van der Waals surface area contributed by atoms with E-state index in [9.17, 15) is 14.4 Å². The van der Waals surface area contributed by atoms with Crippen molar-refractivity contribution in [2.75, 3.05) is 0 Å². The summed E-state index contributed by atoms with van der Waals surface area (Å²) in [7, 11) is 0. The van der Waals surface area contributed by atoms with Crippen LogP contribution in [0.25, 0.3) is 0 Å². The Morgan fingerprint density at radius 2 is 1.95 bits per heavy atom. The Morgan fingerprint density at radius 1 is 1.25 bits per heavy atom. The summed E-state index contributed by atoms with van der Waals surface area (Å²) in [6.07, 6.45) is 4.64. The predicted molar refractivity (Wildman–Crippen MR) is 76.4 cm³/mol. The average molecular weight is 269 g/mol. The van der Waals surface area contributed by atoms with Crippen molar-refractivity contribution in [3.05, 3.63) is 41.8 Å². The molecule has 0 N–H and O–H groups in total. The summed E-state index contributed by atoms with van der Waals surface area (Å²) in [5.74, 6) is 0.793. The number of rotatable bonds is 6. The van der Waals surface area contributed by atoms with Gasteiger partial charge in [0.05, 0.1) is 0 Å². The van der Waals surface area contributed by atoms with Crippen LogP contribution in [0, 0.1) is 0 Å². The fourth-order valence-corrected chi connectivity index (χ4v) is 2.29. The van der Waals surface area contributed by atoms with Gasteiger partial charge in [-0.1, -0.05) is 0 Å². The molecule has 5 heteroatoms. The Balaban J connectivity index is 2.26. The van der Waals surface area contributed by atoms with Crippen LogP contribution in [0.3, 0.4) is 0 Å². The van der Waals surface area contributed by atoms with Crippen molar-refractivity contribution in [2.24, 2.45) is 0 Å². The van der Waals surface area contributed by atoms with Gasteiger partial charge in [-0.2, -0.15) is 0 Å². The summed E-state index contributed by atoms with van der Waals surface area (Å²) in [5.41, 5.74) is 0.529. The van der Waals surface area contributed by atoms with Crippen LogP contribution in [0.5, 0.6) is 0 Å². The first-order valence-electron chi connectivity index (χ1n) is 6.79. The zero-order chi connectivity index (χ0) is 14.5. The Hall–Kier alpha value is -2.04. The number of unbranched alkanes of at least 4 members (excludes halogenated alkanes) is 1. The van der Waals surface area contributed by atoms with Gasteiger partial charge in [0.1, 0.15) is 0 Å². The third-order valence-corrected chi connectivity index (χ3v) is 3.35. The van der Waals surface area contributed by atoms with E-state index in [4.69, 9.17) is 0 Å². The zero-order valence-corrected chi connectivity index (χ0v) is 11.4. The molecule has 1 aromatic rings. The van der Waals surface area contributed by atoms with Crippen molar-refractivity contribution in [2.45, 2.75) is 32.2 Å². The monoisotopic (exact) mass is 269 g/mol. The van der Waals surface area contributed by atoms with Crippen LogP contribution < -0.4 is 0 Å². The summed E-state index contributed by atoms with van der Waals surface area (Å²) in [4.78, 5) is 37.2. The molecule has 2 rings (SSSR count). The average Bonchev–Trinajstić information content (AvgIpc) is 2.80. The summed E-state index contributed by atoms with van der Waals surface area (Å²) >= 11 is 0. The third kappa shape index (κ3) is 2.92. The minimum atomic E-state index is -0.702. The second kappa shape index (κ2) is 6.41. The van der Waals surface area contributed by atoms with Crippen molar-refractivity contribution in [1.82, 2.24) is 4.90 Å². The molecule has 102 valence electrons. The molecule has 0 radical (unpaired) electrons. The molecule has 0 fully saturated rings. The molecule has 1 aromatic heterocycles. The molecule has 4 nitrogen and oxygen atoms in total. The molecule has 2 amide bonds. The molecular weight excluding hydrogens is 253 g/mol. The fraction of sp³-hybridized carbons (Fsp3) is 0.333. The van der Waals surface area contributed by atoms with Crippen LogP contribution in [-0.2, 0) is 9.59 Å². The van der Waals surface area contributed by atoms with Gasteiger partial charge < -0.3 is 0 Å². The summed E-state index contributed by atoms with van der Waals surface area (Å²) < 4.78 is 0. The molecular formula is C15H16BNO3. The number of hydrogen-bond donors (Lipinski definition) is 0. The predicted octanol–water partition coefficient (Wildman–Crippen LogP) is 1.69. The van der Waals surface area contributed by atoms with Crippen molar-refractivity contribution in [3.8, 4) is 0 Å². The van der Waals surface area contributed by atoms with Crippen LogP contribution in [-0.4, -0.2) is 35.4 Å². The van der Waals surface area contributed by atoms with E-state index in [1.165, 1.54) is 12.2 Å². The van der Waals surface area contributed by atoms with Gasteiger partial charge in [0.25, 0.3) is 0 Å². The number of ketones is 1. The molecule has 0 bridgehead atoms. The maximum atomic E-state index is 12.6.